The van der Waals surface area contributed by atoms with Crippen LogP contribution in [0, 0.1) is 11.2 Å². The number of Topliss-reactive ketones (excluding diaryl/α,β-unsaturated/α-hetero) is 1. The third-order valence-electron chi connectivity index (χ3n) is 4.71. The highest BCUT2D eigenvalue weighted by molar-refractivity contribution is 6.10. The molecule has 4 nitrogen and oxygen atoms in total. The standard InChI is InChI=1S/C18H21FN2O2/c1-21-11-16(20)15-9-14(19)3-2-12(15)8-13-10-18(17(13)22)4-6-23-7-5-18/h2-3,8-9,11,21H,4-7,10,20H2,1H3/b13-8+,16-11-. The smallest absolute Gasteiger partial charge is 0.165 e. The number of halogens is 1. The SMILES string of the molecule is CN/C=C(\N)c1cc(F)ccc1/C=C1\CC2(CCOCC2)C1=O. The van der Waals surface area contributed by atoms with Crippen molar-refractivity contribution in [3.05, 3.63) is 46.9 Å². The summed E-state index contributed by atoms with van der Waals surface area (Å²) < 4.78 is 18.9. The van der Waals surface area contributed by atoms with Crippen LogP contribution in [0.4, 0.5) is 4.39 Å². The first-order chi connectivity index (χ1) is 11.1. The number of carbonyl (C=O) groups is 1. The Balaban J connectivity index is 1.89. The van der Waals surface area contributed by atoms with E-state index in [-0.39, 0.29) is 17.0 Å². The van der Waals surface area contributed by atoms with Gasteiger partial charge in [0.2, 0.25) is 0 Å². The van der Waals surface area contributed by atoms with Gasteiger partial charge in [0.1, 0.15) is 5.82 Å². The Bertz CT molecular complexity index is 688. The molecule has 23 heavy (non-hydrogen) atoms. The molecule has 0 unspecified atom stereocenters. The number of nitrogens with one attached hydrogen (secondary N) is 1. The summed E-state index contributed by atoms with van der Waals surface area (Å²) >= 11 is 0. The lowest BCUT2D eigenvalue weighted by Gasteiger charge is -2.44. The van der Waals surface area contributed by atoms with Gasteiger partial charge in [0.05, 0.1) is 5.70 Å². The lowest BCUT2D eigenvalue weighted by molar-refractivity contribution is -0.137. The minimum Gasteiger partial charge on any atom is -0.397 e. The zero-order valence-corrected chi connectivity index (χ0v) is 13.2. The fourth-order valence-corrected chi connectivity index (χ4v) is 3.37. The minimum atomic E-state index is -0.351. The van der Waals surface area contributed by atoms with E-state index in [1.54, 1.807) is 19.3 Å². The van der Waals surface area contributed by atoms with Crippen LogP contribution in [-0.2, 0) is 9.53 Å². The van der Waals surface area contributed by atoms with E-state index >= 15 is 0 Å². The van der Waals surface area contributed by atoms with E-state index in [0.717, 1.165) is 30.4 Å². The Morgan fingerprint density at radius 2 is 2.13 bits per heavy atom. The van der Waals surface area contributed by atoms with E-state index in [2.05, 4.69) is 5.32 Å². The maximum Gasteiger partial charge on any atom is 0.165 e. The van der Waals surface area contributed by atoms with Gasteiger partial charge in [-0.15, -0.1) is 0 Å². The van der Waals surface area contributed by atoms with E-state index in [4.69, 9.17) is 10.5 Å². The molecule has 1 aromatic rings. The van der Waals surface area contributed by atoms with Crippen LogP contribution >= 0.6 is 0 Å². The van der Waals surface area contributed by atoms with Crippen molar-refractivity contribution in [1.29, 1.82) is 0 Å². The van der Waals surface area contributed by atoms with Crippen molar-refractivity contribution in [2.75, 3.05) is 20.3 Å². The number of nitrogens with two attached hydrogens (primary N) is 1. The van der Waals surface area contributed by atoms with Crippen LogP contribution in [-0.4, -0.2) is 26.0 Å². The van der Waals surface area contributed by atoms with Gasteiger partial charge in [-0.25, -0.2) is 4.39 Å². The molecule has 1 aliphatic heterocycles. The highest BCUT2D eigenvalue weighted by Crippen LogP contribution is 2.49. The number of ketones is 1. The fourth-order valence-electron chi connectivity index (χ4n) is 3.37. The van der Waals surface area contributed by atoms with E-state index < -0.39 is 0 Å². The van der Waals surface area contributed by atoms with Gasteiger partial charge < -0.3 is 15.8 Å². The van der Waals surface area contributed by atoms with Gasteiger partial charge in [0.25, 0.3) is 0 Å². The normalized spacial score (nSPS) is 22.3. The molecule has 122 valence electrons. The summed E-state index contributed by atoms with van der Waals surface area (Å²) in [7, 11) is 1.73. The third kappa shape index (κ3) is 2.88. The van der Waals surface area contributed by atoms with E-state index in [1.807, 2.05) is 6.08 Å². The quantitative estimate of drug-likeness (QED) is 0.841. The molecule has 2 aliphatic rings. The van der Waals surface area contributed by atoms with Crippen molar-refractivity contribution in [2.24, 2.45) is 11.1 Å². The molecule has 0 atom stereocenters. The van der Waals surface area contributed by atoms with Crippen LogP contribution in [0.3, 0.4) is 0 Å². The van der Waals surface area contributed by atoms with Crippen LogP contribution in [0.25, 0.3) is 11.8 Å². The second-order valence-corrected chi connectivity index (χ2v) is 6.19. The lowest BCUT2D eigenvalue weighted by atomic mass is 9.60. The van der Waals surface area contributed by atoms with E-state index in [1.165, 1.54) is 12.1 Å². The van der Waals surface area contributed by atoms with Crippen LogP contribution in [0.2, 0.25) is 0 Å². The number of rotatable bonds is 3. The van der Waals surface area contributed by atoms with Gasteiger partial charge in [0.15, 0.2) is 5.78 Å². The molecule has 1 spiro atoms. The average Bonchev–Trinajstić information content (AvgIpc) is 2.56. The van der Waals surface area contributed by atoms with Crippen molar-refractivity contribution in [3.63, 3.8) is 0 Å². The Morgan fingerprint density at radius 1 is 1.39 bits per heavy atom. The molecule has 3 N–H and O–H groups in total. The second-order valence-electron chi connectivity index (χ2n) is 6.19. The predicted molar refractivity (Wildman–Crippen MR) is 87.7 cm³/mol. The lowest BCUT2D eigenvalue weighted by Crippen LogP contribution is -2.46. The summed E-state index contributed by atoms with van der Waals surface area (Å²) in [5, 5.41) is 2.84. The van der Waals surface area contributed by atoms with Gasteiger partial charge >= 0.3 is 0 Å². The summed E-state index contributed by atoms with van der Waals surface area (Å²) in [5.41, 5.74) is 8.34. The third-order valence-corrected chi connectivity index (χ3v) is 4.71. The zero-order valence-electron chi connectivity index (χ0n) is 13.2. The van der Waals surface area contributed by atoms with E-state index in [0.29, 0.717) is 24.5 Å². The molecule has 0 radical (unpaired) electrons. The Labute approximate surface area is 135 Å². The van der Waals surface area contributed by atoms with Crippen molar-refractivity contribution in [1.82, 2.24) is 5.32 Å². The van der Waals surface area contributed by atoms with Crippen LogP contribution in [0.5, 0.6) is 0 Å². The molecule has 3 rings (SSSR count). The number of allylic oxidation sites excluding steroid dienone is 1. The van der Waals surface area contributed by atoms with Gasteiger partial charge in [0, 0.05) is 37.4 Å². The molecule has 1 saturated heterocycles. The van der Waals surface area contributed by atoms with E-state index in [9.17, 15) is 9.18 Å². The molecule has 0 amide bonds. The van der Waals surface area contributed by atoms with Gasteiger partial charge in [-0.05, 0) is 48.6 Å². The molecule has 1 heterocycles. The maximum absolute atomic E-state index is 13.5. The first-order valence-electron chi connectivity index (χ1n) is 7.82. The van der Waals surface area contributed by atoms with Crippen molar-refractivity contribution >= 4 is 17.6 Å². The number of carbonyl (C=O) groups excluding carboxylic acids is 1. The van der Waals surface area contributed by atoms with Crippen molar-refractivity contribution in [3.8, 4) is 0 Å². The summed E-state index contributed by atoms with van der Waals surface area (Å²) in [6.45, 7) is 1.30. The molecule has 1 saturated carbocycles. The van der Waals surface area contributed by atoms with Gasteiger partial charge in [-0.1, -0.05) is 6.07 Å². The molecule has 0 aromatic heterocycles. The largest absolute Gasteiger partial charge is 0.397 e. The monoisotopic (exact) mass is 316 g/mol. The highest BCUT2D eigenvalue weighted by Gasteiger charge is 2.50. The van der Waals surface area contributed by atoms with Crippen molar-refractivity contribution in [2.45, 2.75) is 19.3 Å². The molecule has 5 heteroatoms. The first-order valence-corrected chi connectivity index (χ1v) is 7.82. The Hall–Kier alpha value is -2.14. The Morgan fingerprint density at radius 3 is 2.78 bits per heavy atom. The summed E-state index contributed by atoms with van der Waals surface area (Å²) in [6.07, 6.45) is 5.80. The van der Waals surface area contributed by atoms with Crippen molar-refractivity contribution < 1.29 is 13.9 Å². The summed E-state index contributed by atoms with van der Waals surface area (Å²) in [5.74, 6) is -0.150. The van der Waals surface area contributed by atoms with Crippen LogP contribution in [0.1, 0.15) is 30.4 Å². The minimum absolute atomic E-state index is 0.201. The number of hydrogen-bond acceptors (Lipinski definition) is 4. The summed E-state index contributed by atoms with van der Waals surface area (Å²) in [6, 6.07) is 4.44. The first kappa shape index (κ1) is 15.7. The highest BCUT2D eigenvalue weighted by atomic mass is 19.1. The summed E-state index contributed by atoms with van der Waals surface area (Å²) in [4.78, 5) is 12.6. The topological polar surface area (TPSA) is 64.3 Å². The van der Waals surface area contributed by atoms with Gasteiger partial charge in [-0.2, -0.15) is 0 Å². The average molecular weight is 316 g/mol. The van der Waals surface area contributed by atoms with Crippen LogP contribution < -0.4 is 11.1 Å². The molecular formula is C18H21FN2O2. The maximum atomic E-state index is 13.5. The predicted octanol–water partition coefficient (Wildman–Crippen LogP) is 2.46. The van der Waals surface area contributed by atoms with Crippen LogP contribution in [0.15, 0.2) is 30.0 Å². The number of ether oxygens (including phenoxy) is 1. The molecule has 2 fully saturated rings. The zero-order chi connectivity index (χ0) is 16.4. The molecule has 0 bridgehead atoms. The fraction of sp³-hybridized carbons (Fsp3) is 0.389. The number of benzene rings is 1. The molecular weight excluding hydrogens is 295 g/mol. The molecule has 1 aromatic carbocycles. The number of hydrogen-bond donors (Lipinski definition) is 2. The van der Waals surface area contributed by atoms with Gasteiger partial charge in [-0.3, -0.25) is 4.79 Å². The Kier molecular flexibility index (Phi) is 4.22. The second kappa shape index (κ2) is 6.16. The molecule has 1 aliphatic carbocycles.